The maximum absolute atomic E-state index is 5.57. The van der Waals surface area contributed by atoms with Gasteiger partial charge in [0.15, 0.2) is 0 Å². The largest absolute Gasteiger partial charge is 0.497 e. The fourth-order valence-electron chi connectivity index (χ4n) is 4.14. The Labute approximate surface area is 190 Å². The average Bonchev–Trinajstić information content (AvgIpc) is 3.08. The molecule has 1 aromatic heterocycles. The number of methoxy groups -OCH3 is 1. The van der Waals surface area contributed by atoms with Crippen molar-refractivity contribution < 1.29 is 9.47 Å². The molecule has 4 rings (SSSR count). The van der Waals surface area contributed by atoms with Gasteiger partial charge in [0, 0.05) is 36.8 Å². The zero-order chi connectivity index (χ0) is 21.8. The number of rotatable bonds is 7. The van der Waals surface area contributed by atoms with Crippen LogP contribution < -0.4 is 4.74 Å². The van der Waals surface area contributed by atoms with E-state index in [1.807, 2.05) is 23.9 Å². The van der Waals surface area contributed by atoms with Gasteiger partial charge in [0.25, 0.3) is 0 Å². The highest BCUT2D eigenvalue weighted by atomic mass is 32.2. The fraction of sp³-hybridized carbons (Fsp3) is 0.500. The molecule has 5 heteroatoms. The molecule has 0 saturated carbocycles. The Kier molecular flexibility index (Phi) is 6.92. The maximum atomic E-state index is 5.57. The molecular formula is C26H34N2O2S. The van der Waals surface area contributed by atoms with Gasteiger partial charge >= 0.3 is 0 Å². The van der Waals surface area contributed by atoms with Gasteiger partial charge in [0.05, 0.1) is 18.1 Å². The first-order valence-corrected chi connectivity index (χ1v) is 12.2. The molecule has 1 saturated heterocycles. The second-order valence-electron chi connectivity index (χ2n) is 9.72. The molecule has 166 valence electrons. The molecule has 0 unspecified atom stereocenters. The predicted molar refractivity (Wildman–Crippen MR) is 129 cm³/mol. The molecule has 1 fully saturated rings. The highest BCUT2D eigenvalue weighted by molar-refractivity contribution is 7.98. The van der Waals surface area contributed by atoms with Gasteiger partial charge < -0.3 is 14.0 Å². The van der Waals surface area contributed by atoms with E-state index in [2.05, 4.69) is 55.7 Å². The maximum Gasteiger partial charge on any atom is 0.118 e. The highest BCUT2D eigenvalue weighted by Crippen LogP contribution is 2.31. The molecule has 1 aliphatic rings. The summed E-state index contributed by atoms with van der Waals surface area (Å²) in [6.07, 6.45) is 3.27. The second kappa shape index (κ2) is 9.66. The first-order valence-electron chi connectivity index (χ1n) is 11.2. The summed E-state index contributed by atoms with van der Waals surface area (Å²) in [6, 6.07) is 15.1. The van der Waals surface area contributed by atoms with E-state index in [1.54, 1.807) is 7.11 Å². The molecule has 0 radical (unpaired) electrons. The Bertz CT molecular complexity index is 999. The first-order chi connectivity index (χ1) is 14.9. The third-order valence-electron chi connectivity index (χ3n) is 5.83. The van der Waals surface area contributed by atoms with Crippen LogP contribution in [0, 0.1) is 11.3 Å². The van der Waals surface area contributed by atoms with Gasteiger partial charge in [-0.15, -0.1) is 11.8 Å². The van der Waals surface area contributed by atoms with Crippen molar-refractivity contribution in [2.75, 3.05) is 20.3 Å². The number of nitrogens with zero attached hydrogens (tertiary/aromatic N) is 2. The van der Waals surface area contributed by atoms with E-state index in [0.717, 1.165) is 56.0 Å². The number of hydrogen-bond donors (Lipinski definition) is 0. The topological polar surface area (TPSA) is 36.3 Å². The van der Waals surface area contributed by atoms with Crippen molar-refractivity contribution in [1.82, 2.24) is 9.55 Å². The van der Waals surface area contributed by atoms with Crippen molar-refractivity contribution in [3.05, 3.63) is 53.9 Å². The molecule has 1 aliphatic heterocycles. The SMILES string of the molecule is COc1ccc(CSc2ccc3c(c2)nc(CC(C)(C)C)n3CC2CCOCC2)cc1. The number of fused-ring (bicyclic) bond motifs is 1. The average molecular weight is 439 g/mol. The van der Waals surface area contributed by atoms with Crippen LogP contribution in [0.4, 0.5) is 0 Å². The number of thioether (sulfide) groups is 1. The lowest BCUT2D eigenvalue weighted by Gasteiger charge is -2.25. The van der Waals surface area contributed by atoms with Gasteiger partial charge in [0.2, 0.25) is 0 Å². The summed E-state index contributed by atoms with van der Waals surface area (Å²) in [7, 11) is 1.70. The number of benzene rings is 2. The molecule has 2 aromatic carbocycles. The Morgan fingerprint density at radius 2 is 1.84 bits per heavy atom. The Hall–Kier alpha value is -1.98. The molecule has 0 aliphatic carbocycles. The molecular weight excluding hydrogens is 404 g/mol. The van der Waals surface area contributed by atoms with Gasteiger partial charge in [-0.05, 0) is 60.1 Å². The molecule has 0 N–H and O–H groups in total. The minimum absolute atomic E-state index is 0.209. The van der Waals surface area contributed by atoms with E-state index in [0.29, 0.717) is 5.92 Å². The van der Waals surface area contributed by atoms with Crippen molar-refractivity contribution in [3.63, 3.8) is 0 Å². The highest BCUT2D eigenvalue weighted by Gasteiger charge is 2.22. The monoisotopic (exact) mass is 438 g/mol. The number of aromatic nitrogens is 2. The molecule has 0 amide bonds. The summed E-state index contributed by atoms with van der Waals surface area (Å²) >= 11 is 1.86. The van der Waals surface area contributed by atoms with Crippen LogP contribution in [0.1, 0.15) is 45.0 Å². The lowest BCUT2D eigenvalue weighted by Crippen LogP contribution is -2.22. The van der Waals surface area contributed by atoms with Crippen LogP contribution >= 0.6 is 11.8 Å². The lowest BCUT2D eigenvalue weighted by atomic mass is 9.91. The Balaban J connectivity index is 1.55. The van der Waals surface area contributed by atoms with Gasteiger partial charge in [-0.2, -0.15) is 0 Å². The van der Waals surface area contributed by atoms with E-state index in [-0.39, 0.29) is 5.41 Å². The van der Waals surface area contributed by atoms with Gasteiger partial charge in [-0.25, -0.2) is 4.98 Å². The summed E-state index contributed by atoms with van der Waals surface area (Å²) in [6.45, 7) is 9.70. The number of ether oxygens (including phenoxy) is 2. The normalized spacial score (nSPS) is 15.5. The molecule has 0 atom stereocenters. The van der Waals surface area contributed by atoms with Crippen LogP contribution in [-0.4, -0.2) is 29.9 Å². The zero-order valence-electron chi connectivity index (χ0n) is 19.2. The van der Waals surface area contributed by atoms with Gasteiger partial charge in [0.1, 0.15) is 11.6 Å². The summed E-state index contributed by atoms with van der Waals surface area (Å²) < 4.78 is 13.3. The van der Waals surface area contributed by atoms with E-state index in [1.165, 1.54) is 21.8 Å². The molecule has 3 aromatic rings. The quantitative estimate of drug-likeness (QED) is 0.403. The van der Waals surface area contributed by atoms with Gasteiger partial charge in [-0.3, -0.25) is 0 Å². The van der Waals surface area contributed by atoms with Crippen LogP contribution in [0.2, 0.25) is 0 Å². The lowest BCUT2D eigenvalue weighted by molar-refractivity contribution is 0.0612. The smallest absolute Gasteiger partial charge is 0.118 e. The van der Waals surface area contributed by atoms with Crippen molar-refractivity contribution in [2.24, 2.45) is 11.3 Å². The molecule has 4 nitrogen and oxygen atoms in total. The molecule has 0 spiro atoms. The number of hydrogen-bond acceptors (Lipinski definition) is 4. The molecule has 2 heterocycles. The Morgan fingerprint density at radius 3 is 2.52 bits per heavy atom. The zero-order valence-corrected chi connectivity index (χ0v) is 20.0. The third kappa shape index (κ3) is 5.83. The van der Waals surface area contributed by atoms with Crippen molar-refractivity contribution in [1.29, 1.82) is 0 Å². The minimum atomic E-state index is 0.209. The predicted octanol–water partition coefficient (Wildman–Crippen LogP) is 6.35. The summed E-state index contributed by atoms with van der Waals surface area (Å²) in [5.41, 5.74) is 3.88. The van der Waals surface area contributed by atoms with Crippen molar-refractivity contribution >= 4 is 22.8 Å². The van der Waals surface area contributed by atoms with E-state index < -0.39 is 0 Å². The number of imidazole rings is 1. The van der Waals surface area contributed by atoms with Crippen LogP contribution in [-0.2, 0) is 23.5 Å². The third-order valence-corrected chi connectivity index (χ3v) is 6.90. The Morgan fingerprint density at radius 1 is 1.10 bits per heavy atom. The first kappa shape index (κ1) is 22.2. The molecule has 0 bridgehead atoms. The van der Waals surface area contributed by atoms with Crippen molar-refractivity contribution in [2.45, 2.75) is 57.2 Å². The minimum Gasteiger partial charge on any atom is -0.497 e. The van der Waals surface area contributed by atoms with Crippen LogP contribution in [0.15, 0.2) is 47.4 Å². The van der Waals surface area contributed by atoms with Crippen molar-refractivity contribution in [3.8, 4) is 5.75 Å². The summed E-state index contributed by atoms with van der Waals surface area (Å²) in [5.74, 6) is 3.73. The second-order valence-corrected chi connectivity index (χ2v) is 10.8. The van der Waals surface area contributed by atoms with E-state index >= 15 is 0 Å². The van der Waals surface area contributed by atoms with Crippen LogP contribution in [0.5, 0.6) is 5.75 Å². The fourth-order valence-corrected chi connectivity index (χ4v) is 5.02. The summed E-state index contributed by atoms with van der Waals surface area (Å²) in [4.78, 5) is 6.37. The van der Waals surface area contributed by atoms with E-state index in [9.17, 15) is 0 Å². The van der Waals surface area contributed by atoms with E-state index in [4.69, 9.17) is 14.5 Å². The standard InChI is InChI=1S/C26H34N2O2S/c1-26(2,3)16-25-27-23-15-22(31-18-20-5-7-21(29-4)8-6-20)9-10-24(23)28(25)17-19-11-13-30-14-12-19/h5-10,15,19H,11-14,16-18H2,1-4H3. The van der Waals surface area contributed by atoms with Crippen LogP contribution in [0.3, 0.4) is 0 Å². The summed E-state index contributed by atoms with van der Waals surface area (Å²) in [5, 5.41) is 0. The molecule has 31 heavy (non-hydrogen) atoms. The van der Waals surface area contributed by atoms with Crippen LogP contribution in [0.25, 0.3) is 11.0 Å². The van der Waals surface area contributed by atoms with Gasteiger partial charge in [-0.1, -0.05) is 32.9 Å².